The van der Waals surface area contributed by atoms with E-state index in [1.807, 2.05) is 20.0 Å². The van der Waals surface area contributed by atoms with Crippen LogP contribution in [0.15, 0.2) is 12.1 Å². The van der Waals surface area contributed by atoms with Crippen molar-refractivity contribution in [2.45, 2.75) is 12.3 Å². The van der Waals surface area contributed by atoms with Crippen molar-refractivity contribution in [2.75, 3.05) is 41.5 Å². The van der Waals surface area contributed by atoms with E-state index in [1.54, 1.807) is 27.4 Å². The molecule has 0 radical (unpaired) electrons. The van der Waals surface area contributed by atoms with Gasteiger partial charge in [0.2, 0.25) is 0 Å². The molecule has 1 aromatic rings. The fourth-order valence-electron chi connectivity index (χ4n) is 2.13. The van der Waals surface area contributed by atoms with Gasteiger partial charge in [-0.3, -0.25) is 0 Å². The number of methoxy groups -OCH3 is 3. The topological polar surface area (TPSA) is 60.0 Å². The van der Waals surface area contributed by atoms with Crippen LogP contribution in [0.2, 0.25) is 0 Å². The summed E-state index contributed by atoms with van der Waals surface area (Å²) in [6, 6.07) is 3.63. The Kier molecular flexibility index (Phi) is 5.44. The van der Waals surface area contributed by atoms with Gasteiger partial charge in [0.1, 0.15) is 5.75 Å². The van der Waals surface area contributed by atoms with Crippen LogP contribution in [0.3, 0.4) is 0 Å². The van der Waals surface area contributed by atoms with Crippen LogP contribution < -0.4 is 19.5 Å². The summed E-state index contributed by atoms with van der Waals surface area (Å²) >= 11 is 0. The molecule has 1 rings (SSSR count). The molecule has 0 heterocycles. The van der Waals surface area contributed by atoms with E-state index in [0.717, 1.165) is 5.56 Å². The highest BCUT2D eigenvalue weighted by atomic mass is 16.5. The summed E-state index contributed by atoms with van der Waals surface area (Å²) in [7, 11) is 6.61. The molecule has 1 unspecified atom stereocenters. The van der Waals surface area contributed by atoms with E-state index in [9.17, 15) is 5.11 Å². The van der Waals surface area contributed by atoms with Gasteiger partial charge < -0.3 is 24.6 Å². The summed E-state index contributed by atoms with van der Waals surface area (Å²) in [6.07, 6.45) is 0. The maximum absolute atomic E-state index is 9.71. The molecule has 0 aliphatic rings. The smallest absolute Gasteiger partial charge is 0.164 e. The molecule has 5 heteroatoms. The molecule has 0 aromatic heterocycles. The summed E-state index contributed by atoms with van der Waals surface area (Å²) in [6.45, 7) is 2.59. The molecular weight excluding hydrogens is 246 g/mol. The largest absolute Gasteiger partial charge is 0.496 e. The second-order valence-corrected chi connectivity index (χ2v) is 4.66. The Morgan fingerprint density at radius 3 is 2.00 bits per heavy atom. The zero-order valence-electron chi connectivity index (χ0n) is 12.2. The maximum atomic E-state index is 9.71. The molecule has 0 spiro atoms. The number of rotatable bonds is 7. The minimum absolute atomic E-state index is 0.000314. The van der Waals surface area contributed by atoms with E-state index in [1.165, 1.54) is 0 Å². The highest BCUT2D eigenvalue weighted by molar-refractivity contribution is 5.53. The lowest BCUT2D eigenvalue weighted by Gasteiger charge is -2.30. The Balaban J connectivity index is 3.39. The second-order valence-electron chi connectivity index (χ2n) is 4.66. The van der Waals surface area contributed by atoms with Gasteiger partial charge in [0.05, 0.1) is 27.9 Å². The molecule has 5 nitrogen and oxygen atoms in total. The predicted molar refractivity (Wildman–Crippen MR) is 74.5 cm³/mol. The van der Waals surface area contributed by atoms with E-state index in [0.29, 0.717) is 23.8 Å². The lowest BCUT2D eigenvalue weighted by Crippen LogP contribution is -2.37. The number of nitrogens with one attached hydrogen (secondary N) is 1. The van der Waals surface area contributed by atoms with Gasteiger partial charge in [-0.05, 0) is 13.1 Å². The van der Waals surface area contributed by atoms with E-state index in [-0.39, 0.29) is 6.61 Å². The third-order valence-corrected chi connectivity index (χ3v) is 3.27. The molecule has 19 heavy (non-hydrogen) atoms. The van der Waals surface area contributed by atoms with Crippen molar-refractivity contribution in [3.63, 3.8) is 0 Å². The van der Waals surface area contributed by atoms with Gasteiger partial charge in [-0.15, -0.1) is 0 Å². The molecular formula is C14H23NO4. The van der Waals surface area contributed by atoms with Gasteiger partial charge >= 0.3 is 0 Å². The lowest BCUT2D eigenvalue weighted by atomic mass is 9.82. The van der Waals surface area contributed by atoms with E-state index < -0.39 is 5.41 Å². The zero-order chi connectivity index (χ0) is 14.5. The normalized spacial score (nSPS) is 13.8. The molecule has 1 aromatic carbocycles. The number of likely N-dealkylation sites (N-methyl/N-ethyl adjacent to an activating group) is 1. The second kappa shape index (κ2) is 6.63. The summed E-state index contributed by atoms with van der Waals surface area (Å²) in [5.74, 6) is 1.89. The molecule has 108 valence electrons. The average Bonchev–Trinajstić information content (AvgIpc) is 2.45. The highest BCUT2D eigenvalue weighted by Crippen LogP contribution is 2.40. The van der Waals surface area contributed by atoms with E-state index >= 15 is 0 Å². The predicted octanol–water partition coefficient (Wildman–Crippen LogP) is 1.18. The van der Waals surface area contributed by atoms with Crippen LogP contribution in [0.5, 0.6) is 17.2 Å². The Labute approximate surface area is 114 Å². The van der Waals surface area contributed by atoms with Crippen molar-refractivity contribution >= 4 is 0 Å². The van der Waals surface area contributed by atoms with E-state index in [4.69, 9.17) is 14.2 Å². The third kappa shape index (κ3) is 3.11. The standard InChI is InChI=1S/C14H23NO4/c1-14(9-16,8-15-2)10-6-12(18-4)13(19-5)7-11(10)17-3/h6-7,15-16H,8-9H2,1-5H3. The summed E-state index contributed by atoms with van der Waals surface area (Å²) in [5, 5.41) is 12.8. The average molecular weight is 269 g/mol. The summed E-state index contributed by atoms with van der Waals surface area (Å²) < 4.78 is 16.0. The number of benzene rings is 1. The first kappa shape index (κ1) is 15.6. The molecule has 2 N–H and O–H groups in total. The third-order valence-electron chi connectivity index (χ3n) is 3.27. The lowest BCUT2D eigenvalue weighted by molar-refractivity contribution is 0.199. The molecule has 0 fully saturated rings. The monoisotopic (exact) mass is 269 g/mol. The Morgan fingerprint density at radius 1 is 1.05 bits per heavy atom. The number of hydrogen-bond acceptors (Lipinski definition) is 5. The molecule has 0 aliphatic carbocycles. The van der Waals surface area contributed by atoms with Crippen LogP contribution >= 0.6 is 0 Å². The van der Waals surface area contributed by atoms with E-state index in [2.05, 4.69) is 5.32 Å². The zero-order valence-corrected chi connectivity index (χ0v) is 12.2. The molecule has 0 saturated carbocycles. The quantitative estimate of drug-likeness (QED) is 0.778. The van der Waals surface area contributed by atoms with Crippen molar-refractivity contribution < 1.29 is 19.3 Å². The molecule has 0 aliphatic heterocycles. The van der Waals surface area contributed by atoms with Crippen molar-refractivity contribution in [1.82, 2.24) is 5.32 Å². The summed E-state index contributed by atoms with van der Waals surface area (Å²) in [4.78, 5) is 0. The van der Waals surface area contributed by atoms with Crippen molar-refractivity contribution in [3.8, 4) is 17.2 Å². The molecule has 1 atom stereocenters. The summed E-state index contributed by atoms with van der Waals surface area (Å²) in [5.41, 5.74) is 0.420. The van der Waals surface area contributed by atoms with Crippen molar-refractivity contribution in [2.24, 2.45) is 0 Å². The van der Waals surface area contributed by atoms with Gasteiger partial charge in [0, 0.05) is 23.6 Å². The van der Waals surface area contributed by atoms with Crippen LogP contribution in [0, 0.1) is 0 Å². The number of aliphatic hydroxyl groups is 1. The minimum Gasteiger partial charge on any atom is -0.496 e. The SMILES string of the molecule is CNCC(C)(CO)c1cc(OC)c(OC)cc1OC. The number of hydrogen-bond donors (Lipinski definition) is 2. The molecule has 0 saturated heterocycles. The van der Waals surface area contributed by atoms with Crippen LogP contribution in [-0.2, 0) is 5.41 Å². The minimum atomic E-state index is -0.459. The molecule has 0 bridgehead atoms. The van der Waals surface area contributed by atoms with Gasteiger partial charge in [0.15, 0.2) is 11.5 Å². The fraction of sp³-hybridized carbons (Fsp3) is 0.571. The van der Waals surface area contributed by atoms with Crippen molar-refractivity contribution in [1.29, 1.82) is 0 Å². The first-order valence-corrected chi connectivity index (χ1v) is 6.12. The van der Waals surface area contributed by atoms with Gasteiger partial charge in [-0.25, -0.2) is 0 Å². The van der Waals surface area contributed by atoms with Crippen LogP contribution in [0.4, 0.5) is 0 Å². The maximum Gasteiger partial charge on any atom is 0.164 e. The Hall–Kier alpha value is -1.46. The number of ether oxygens (including phenoxy) is 3. The van der Waals surface area contributed by atoms with Gasteiger partial charge in [0.25, 0.3) is 0 Å². The Bertz CT molecular complexity index is 422. The van der Waals surface area contributed by atoms with Crippen molar-refractivity contribution in [3.05, 3.63) is 17.7 Å². The number of aliphatic hydroxyl groups excluding tert-OH is 1. The first-order chi connectivity index (χ1) is 9.06. The van der Waals surface area contributed by atoms with Crippen LogP contribution in [-0.4, -0.2) is 46.6 Å². The fourth-order valence-corrected chi connectivity index (χ4v) is 2.13. The highest BCUT2D eigenvalue weighted by Gasteiger charge is 2.30. The Morgan fingerprint density at radius 2 is 1.58 bits per heavy atom. The van der Waals surface area contributed by atoms with Gasteiger partial charge in [-0.1, -0.05) is 6.92 Å². The molecule has 0 amide bonds. The van der Waals surface area contributed by atoms with Gasteiger partial charge in [-0.2, -0.15) is 0 Å². The first-order valence-electron chi connectivity index (χ1n) is 6.12. The van der Waals surface area contributed by atoms with Crippen LogP contribution in [0.1, 0.15) is 12.5 Å². The van der Waals surface area contributed by atoms with Crippen LogP contribution in [0.25, 0.3) is 0 Å².